The van der Waals surface area contributed by atoms with Crippen molar-refractivity contribution in [1.82, 2.24) is 5.32 Å². The number of amides is 1. The molecule has 0 saturated heterocycles. The van der Waals surface area contributed by atoms with Gasteiger partial charge in [-0.3, -0.25) is 9.59 Å². The fourth-order valence-electron chi connectivity index (χ4n) is 7.35. The summed E-state index contributed by atoms with van der Waals surface area (Å²) in [6.45, 7) is 9.05. The first kappa shape index (κ1) is 18.3. The van der Waals surface area contributed by atoms with E-state index in [0.29, 0.717) is 29.6 Å². The second kappa shape index (κ2) is 6.21. The third-order valence-electron chi connectivity index (χ3n) is 9.13. The molecule has 3 aliphatic carbocycles. The van der Waals surface area contributed by atoms with E-state index >= 15 is 0 Å². The van der Waals surface area contributed by atoms with Gasteiger partial charge in [-0.2, -0.15) is 0 Å². The molecule has 0 aromatic heterocycles. The van der Waals surface area contributed by atoms with Gasteiger partial charge in [0, 0.05) is 23.3 Å². The number of rotatable bonds is 3. The van der Waals surface area contributed by atoms with Crippen molar-refractivity contribution in [3.63, 3.8) is 0 Å². The van der Waals surface area contributed by atoms with Gasteiger partial charge in [0.15, 0.2) is 0 Å². The highest BCUT2D eigenvalue weighted by Crippen LogP contribution is 2.65. The van der Waals surface area contributed by atoms with E-state index in [2.05, 4.69) is 39.1 Å². The maximum absolute atomic E-state index is 13.1. The summed E-state index contributed by atoms with van der Waals surface area (Å²) in [5.41, 5.74) is 0.295. The van der Waals surface area contributed by atoms with Crippen molar-refractivity contribution in [3.05, 3.63) is 12.2 Å². The quantitative estimate of drug-likeness (QED) is 0.807. The van der Waals surface area contributed by atoms with Crippen LogP contribution >= 0.6 is 0 Å². The molecule has 0 radical (unpaired) electrons. The molecule has 1 aliphatic heterocycles. The third kappa shape index (κ3) is 2.45. The van der Waals surface area contributed by atoms with Crippen LogP contribution in [0.25, 0.3) is 0 Å². The lowest BCUT2D eigenvalue weighted by molar-refractivity contribution is -0.135. The van der Waals surface area contributed by atoms with Crippen molar-refractivity contribution in [2.24, 2.45) is 40.4 Å². The number of hydrogen-bond donors (Lipinski definition) is 1. The SMILES string of the molecule is CCC(C)C(=O)[C@H]1CC[C@H]2[C@@H]3CC[C@H]4NC(=O)C=C[C@]4(C)[C@H]3CC[C@]12C. The Bertz CT molecular complexity index is 640. The van der Waals surface area contributed by atoms with Gasteiger partial charge < -0.3 is 5.32 Å². The van der Waals surface area contributed by atoms with E-state index in [1.54, 1.807) is 6.08 Å². The van der Waals surface area contributed by atoms with E-state index in [0.717, 1.165) is 19.3 Å². The van der Waals surface area contributed by atoms with Crippen LogP contribution in [0.15, 0.2) is 12.2 Å². The summed E-state index contributed by atoms with van der Waals surface area (Å²) in [5.74, 6) is 3.13. The summed E-state index contributed by atoms with van der Waals surface area (Å²) in [7, 11) is 0. The average molecular weight is 358 g/mol. The van der Waals surface area contributed by atoms with Gasteiger partial charge in [-0.1, -0.05) is 33.8 Å². The smallest absolute Gasteiger partial charge is 0.243 e. The summed E-state index contributed by atoms with van der Waals surface area (Å²) in [6.07, 6.45) is 11.9. The normalized spacial score (nSPS) is 48.2. The van der Waals surface area contributed by atoms with E-state index in [1.165, 1.54) is 25.7 Å². The van der Waals surface area contributed by atoms with Crippen molar-refractivity contribution in [1.29, 1.82) is 0 Å². The summed E-state index contributed by atoms with van der Waals surface area (Å²) in [6, 6.07) is 0.296. The van der Waals surface area contributed by atoms with Crippen LogP contribution in [-0.2, 0) is 9.59 Å². The van der Waals surface area contributed by atoms with Crippen molar-refractivity contribution >= 4 is 11.7 Å². The number of carbonyl (C=O) groups excluding carboxylic acids is 2. The summed E-state index contributed by atoms with van der Waals surface area (Å²) in [4.78, 5) is 24.9. The molecule has 1 amide bonds. The molecule has 3 fully saturated rings. The van der Waals surface area contributed by atoms with Crippen molar-refractivity contribution in [2.45, 2.75) is 78.7 Å². The Balaban J connectivity index is 1.61. The lowest BCUT2D eigenvalue weighted by Crippen LogP contribution is -2.59. The molecular formula is C23H35NO2. The van der Waals surface area contributed by atoms with Gasteiger partial charge in [0.1, 0.15) is 5.78 Å². The van der Waals surface area contributed by atoms with Gasteiger partial charge in [-0.25, -0.2) is 0 Å². The second-order valence-corrected chi connectivity index (χ2v) is 10.1. The number of nitrogens with one attached hydrogen (secondary N) is 1. The molecule has 0 aromatic rings. The largest absolute Gasteiger partial charge is 0.349 e. The molecule has 0 spiro atoms. The Kier molecular flexibility index (Phi) is 4.36. The standard InChI is InChI=1S/C23H35NO2/c1-5-14(2)21(26)18-8-7-16-15-6-9-19-23(4,13-11-20(25)24-19)17(15)10-12-22(16,18)3/h11,13-19H,5-10,12H2,1-4H3,(H,24,25)/t14?,15-,16-,17-,18+,19+,22-,23+/m0/s1. The van der Waals surface area contributed by atoms with Gasteiger partial charge in [0.05, 0.1) is 0 Å². The Labute approximate surface area is 158 Å². The van der Waals surface area contributed by atoms with Gasteiger partial charge in [0.2, 0.25) is 5.91 Å². The Morgan fingerprint density at radius 3 is 2.69 bits per heavy atom. The first-order chi connectivity index (χ1) is 12.3. The molecule has 3 nitrogen and oxygen atoms in total. The van der Waals surface area contributed by atoms with Crippen LogP contribution in [0, 0.1) is 40.4 Å². The predicted octanol–water partition coefficient (Wildman–Crippen LogP) is 4.52. The van der Waals surface area contributed by atoms with Crippen LogP contribution < -0.4 is 5.32 Å². The van der Waals surface area contributed by atoms with Crippen molar-refractivity contribution in [3.8, 4) is 0 Å². The molecule has 8 atom stereocenters. The molecule has 4 rings (SSSR count). The first-order valence-electron chi connectivity index (χ1n) is 10.8. The number of Topliss-reactive ketones (excluding diaryl/α,β-unsaturated/α-hetero) is 1. The molecule has 1 heterocycles. The topological polar surface area (TPSA) is 46.2 Å². The van der Waals surface area contributed by atoms with E-state index in [9.17, 15) is 9.59 Å². The molecule has 4 aliphatic rings. The highest BCUT2D eigenvalue weighted by Gasteiger charge is 2.60. The fraction of sp³-hybridized carbons (Fsp3) is 0.826. The number of hydrogen-bond acceptors (Lipinski definition) is 2. The van der Waals surface area contributed by atoms with Crippen LogP contribution in [0.5, 0.6) is 0 Å². The minimum absolute atomic E-state index is 0.0756. The van der Waals surface area contributed by atoms with Crippen molar-refractivity contribution in [2.75, 3.05) is 0 Å². The molecule has 0 bridgehead atoms. The van der Waals surface area contributed by atoms with Crippen molar-refractivity contribution < 1.29 is 9.59 Å². The van der Waals surface area contributed by atoms with Crippen LogP contribution in [0.4, 0.5) is 0 Å². The number of carbonyl (C=O) groups is 2. The highest BCUT2D eigenvalue weighted by molar-refractivity contribution is 5.89. The average Bonchev–Trinajstić information content (AvgIpc) is 2.98. The third-order valence-corrected chi connectivity index (χ3v) is 9.13. The van der Waals surface area contributed by atoms with E-state index in [1.807, 2.05) is 0 Å². The molecule has 1 unspecified atom stereocenters. The zero-order chi connectivity index (χ0) is 18.7. The van der Waals surface area contributed by atoms with E-state index in [4.69, 9.17) is 0 Å². The van der Waals surface area contributed by atoms with E-state index in [-0.39, 0.29) is 28.6 Å². The summed E-state index contributed by atoms with van der Waals surface area (Å²) < 4.78 is 0. The van der Waals surface area contributed by atoms with Crippen LogP contribution in [0.3, 0.4) is 0 Å². The van der Waals surface area contributed by atoms with E-state index < -0.39 is 0 Å². The van der Waals surface area contributed by atoms with Gasteiger partial charge in [-0.15, -0.1) is 0 Å². The molecule has 0 aromatic carbocycles. The Hall–Kier alpha value is -1.12. The van der Waals surface area contributed by atoms with Gasteiger partial charge in [0.25, 0.3) is 0 Å². The Morgan fingerprint density at radius 1 is 1.19 bits per heavy atom. The lowest BCUT2D eigenvalue weighted by atomic mass is 9.47. The van der Waals surface area contributed by atoms with Gasteiger partial charge in [-0.05, 0) is 74.2 Å². The maximum atomic E-state index is 13.1. The number of ketones is 1. The Morgan fingerprint density at radius 2 is 1.96 bits per heavy atom. The fourth-order valence-corrected chi connectivity index (χ4v) is 7.35. The monoisotopic (exact) mass is 357 g/mol. The molecular weight excluding hydrogens is 322 g/mol. The first-order valence-corrected chi connectivity index (χ1v) is 10.8. The summed E-state index contributed by atoms with van der Waals surface area (Å²) >= 11 is 0. The zero-order valence-corrected chi connectivity index (χ0v) is 16.9. The molecule has 3 saturated carbocycles. The maximum Gasteiger partial charge on any atom is 0.243 e. The van der Waals surface area contributed by atoms with Crippen LogP contribution in [0.1, 0.15) is 72.6 Å². The predicted molar refractivity (Wildman–Crippen MR) is 103 cm³/mol. The van der Waals surface area contributed by atoms with Crippen LogP contribution in [-0.4, -0.2) is 17.7 Å². The molecule has 1 N–H and O–H groups in total. The van der Waals surface area contributed by atoms with Crippen LogP contribution in [0.2, 0.25) is 0 Å². The second-order valence-electron chi connectivity index (χ2n) is 10.1. The molecule has 26 heavy (non-hydrogen) atoms. The summed E-state index contributed by atoms with van der Waals surface area (Å²) in [5, 5.41) is 3.23. The molecule has 3 heteroatoms. The zero-order valence-electron chi connectivity index (χ0n) is 16.9. The minimum Gasteiger partial charge on any atom is -0.349 e. The highest BCUT2D eigenvalue weighted by atomic mass is 16.1. The molecule has 144 valence electrons. The lowest BCUT2D eigenvalue weighted by Gasteiger charge is -2.58. The van der Waals surface area contributed by atoms with Gasteiger partial charge >= 0.3 is 0 Å². The number of fused-ring (bicyclic) bond motifs is 5. The minimum atomic E-state index is 0.0756.